The van der Waals surface area contributed by atoms with Crippen molar-refractivity contribution in [3.63, 3.8) is 0 Å². The maximum Gasteiger partial charge on any atom is 0.254 e. The van der Waals surface area contributed by atoms with Crippen LogP contribution in [0.1, 0.15) is 23.2 Å². The van der Waals surface area contributed by atoms with Crippen molar-refractivity contribution in [3.05, 3.63) is 36.0 Å². The minimum Gasteiger partial charge on any atom is -0.375 e. The molecule has 0 saturated heterocycles. The summed E-state index contributed by atoms with van der Waals surface area (Å²) in [5, 5.41) is 6.28. The molecule has 0 spiro atoms. The number of hydrogen-bond donors (Lipinski definition) is 3. The molecule has 1 fully saturated rings. The molecule has 148 valence electrons. The predicted octanol–water partition coefficient (Wildman–Crippen LogP) is 1.75. The van der Waals surface area contributed by atoms with Gasteiger partial charge in [-0.15, -0.1) is 0 Å². The Morgan fingerprint density at radius 3 is 2.82 bits per heavy atom. The third-order valence-electron chi connectivity index (χ3n) is 4.44. The highest BCUT2D eigenvalue weighted by Crippen LogP contribution is 2.29. The predicted molar refractivity (Wildman–Crippen MR) is 107 cm³/mol. The standard InChI is InChI=1S/C19H24N6O3/c1-25(16(26)11-28-2)14-5-3-4-13(8-14)23-19-22-10-15(17(20)27)18(24-19)21-9-12-6-7-12/h3-5,8,10,12H,6-7,9,11H2,1-2H3,(H2,20,27)(H2,21,22,23,24). The van der Waals surface area contributed by atoms with Crippen molar-refractivity contribution in [3.8, 4) is 0 Å². The molecule has 0 atom stereocenters. The van der Waals surface area contributed by atoms with Gasteiger partial charge < -0.3 is 26.0 Å². The summed E-state index contributed by atoms with van der Waals surface area (Å²) in [5.74, 6) is 0.620. The highest BCUT2D eigenvalue weighted by molar-refractivity contribution is 5.97. The molecule has 0 unspecified atom stereocenters. The monoisotopic (exact) mass is 384 g/mol. The third-order valence-corrected chi connectivity index (χ3v) is 4.44. The Morgan fingerprint density at radius 1 is 1.36 bits per heavy atom. The van der Waals surface area contributed by atoms with E-state index in [9.17, 15) is 9.59 Å². The third kappa shape index (κ3) is 4.95. The van der Waals surface area contributed by atoms with Crippen molar-refractivity contribution in [2.75, 3.05) is 42.8 Å². The van der Waals surface area contributed by atoms with Gasteiger partial charge in [-0.2, -0.15) is 4.98 Å². The molecule has 28 heavy (non-hydrogen) atoms. The highest BCUT2D eigenvalue weighted by Gasteiger charge is 2.22. The first-order valence-electron chi connectivity index (χ1n) is 9.01. The zero-order valence-corrected chi connectivity index (χ0v) is 15.9. The van der Waals surface area contributed by atoms with E-state index in [1.807, 2.05) is 18.2 Å². The molecular formula is C19H24N6O3. The minimum absolute atomic E-state index is 0.00186. The SMILES string of the molecule is COCC(=O)N(C)c1cccc(Nc2ncc(C(N)=O)c(NCC3CC3)n2)c1. The number of hydrogen-bond acceptors (Lipinski definition) is 7. The summed E-state index contributed by atoms with van der Waals surface area (Å²) in [6, 6.07) is 7.27. The van der Waals surface area contributed by atoms with Crippen LogP contribution in [0.5, 0.6) is 0 Å². The van der Waals surface area contributed by atoms with Crippen LogP contribution in [0.4, 0.5) is 23.1 Å². The molecule has 1 aromatic carbocycles. The van der Waals surface area contributed by atoms with Crippen LogP contribution in [0.15, 0.2) is 30.5 Å². The number of carbonyl (C=O) groups excluding carboxylic acids is 2. The van der Waals surface area contributed by atoms with E-state index in [1.54, 1.807) is 13.1 Å². The van der Waals surface area contributed by atoms with Crippen LogP contribution in [-0.2, 0) is 9.53 Å². The molecule has 0 bridgehead atoms. The van der Waals surface area contributed by atoms with Crippen molar-refractivity contribution in [1.29, 1.82) is 0 Å². The number of anilines is 4. The van der Waals surface area contributed by atoms with E-state index in [2.05, 4.69) is 20.6 Å². The Morgan fingerprint density at radius 2 is 2.14 bits per heavy atom. The van der Waals surface area contributed by atoms with Crippen molar-refractivity contribution in [1.82, 2.24) is 9.97 Å². The molecule has 3 rings (SSSR count). The molecule has 0 aliphatic heterocycles. The summed E-state index contributed by atoms with van der Waals surface area (Å²) in [5.41, 5.74) is 7.08. The lowest BCUT2D eigenvalue weighted by atomic mass is 10.2. The smallest absolute Gasteiger partial charge is 0.254 e. The highest BCUT2D eigenvalue weighted by atomic mass is 16.5. The van der Waals surface area contributed by atoms with Gasteiger partial charge in [0, 0.05) is 38.3 Å². The molecule has 2 amide bonds. The first kappa shape index (κ1) is 19.6. The number of carbonyl (C=O) groups is 2. The number of nitrogens with one attached hydrogen (secondary N) is 2. The Balaban J connectivity index is 1.77. The number of benzene rings is 1. The summed E-state index contributed by atoms with van der Waals surface area (Å²) in [6.07, 6.45) is 3.76. The van der Waals surface area contributed by atoms with Gasteiger partial charge in [0.2, 0.25) is 5.95 Å². The molecular weight excluding hydrogens is 360 g/mol. The normalized spacial score (nSPS) is 13.1. The number of nitrogens with zero attached hydrogens (tertiary/aromatic N) is 3. The number of ether oxygens (including phenoxy) is 1. The number of rotatable bonds is 9. The quantitative estimate of drug-likeness (QED) is 0.602. The fraction of sp³-hybridized carbons (Fsp3) is 0.368. The minimum atomic E-state index is -0.579. The van der Waals surface area contributed by atoms with Gasteiger partial charge in [-0.3, -0.25) is 9.59 Å². The topological polar surface area (TPSA) is 122 Å². The lowest BCUT2D eigenvalue weighted by molar-refractivity contribution is -0.121. The van der Waals surface area contributed by atoms with Gasteiger partial charge in [0.25, 0.3) is 11.8 Å². The molecule has 1 aliphatic carbocycles. The van der Waals surface area contributed by atoms with E-state index in [1.165, 1.54) is 31.0 Å². The van der Waals surface area contributed by atoms with Gasteiger partial charge in [-0.05, 0) is 37.0 Å². The van der Waals surface area contributed by atoms with Crippen LogP contribution in [-0.4, -0.2) is 49.1 Å². The van der Waals surface area contributed by atoms with Crippen LogP contribution in [0.3, 0.4) is 0 Å². The molecule has 1 aromatic heterocycles. The lowest BCUT2D eigenvalue weighted by Gasteiger charge is -2.18. The molecule has 1 aliphatic rings. The number of primary amides is 1. The number of aromatic nitrogens is 2. The van der Waals surface area contributed by atoms with Gasteiger partial charge in [0.1, 0.15) is 12.4 Å². The average Bonchev–Trinajstić information content (AvgIpc) is 3.50. The van der Waals surface area contributed by atoms with Crippen molar-refractivity contribution < 1.29 is 14.3 Å². The Bertz CT molecular complexity index is 868. The van der Waals surface area contributed by atoms with Crippen LogP contribution in [0, 0.1) is 5.92 Å². The molecule has 1 heterocycles. The van der Waals surface area contributed by atoms with Gasteiger partial charge >= 0.3 is 0 Å². The van der Waals surface area contributed by atoms with Gasteiger partial charge in [0.15, 0.2) is 0 Å². The number of likely N-dealkylation sites (N-methyl/N-ethyl adjacent to an activating group) is 1. The molecule has 1 saturated carbocycles. The fourth-order valence-corrected chi connectivity index (χ4v) is 2.61. The molecule has 9 heteroatoms. The second-order valence-corrected chi connectivity index (χ2v) is 6.71. The Hall–Kier alpha value is -3.20. The second kappa shape index (κ2) is 8.66. The largest absolute Gasteiger partial charge is 0.375 e. The van der Waals surface area contributed by atoms with E-state index in [4.69, 9.17) is 10.5 Å². The summed E-state index contributed by atoms with van der Waals surface area (Å²) in [6.45, 7) is 0.750. The lowest BCUT2D eigenvalue weighted by Crippen LogP contribution is -2.29. The summed E-state index contributed by atoms with van der Waals surface area (Å²) in [7, 11) is 3.16. The van der Waals surface area contributed by atoms with Crippen molar-refractivity contribution >= 4 is 35.0 Å². The van der Waals surface area contributed by atoms with Crippen molar-refractivity contribution in [2.24, 2.45) is 11.7 Å². The fourth-order valence-electron chi connectivity index (χ4n) is 2.61. The zero-order valence-electron chi connectivity index (χ0n) is 15.9. The summed E-state index contributed by atoms with van der Waals surface area (Å²) in [4.78, 5) is 33.7. The zero-order chi connectivity index (χ0) is 20.1. The van der Waals surface area contributed by atoms with E-state index in [0.29, 0.717) is 29.1 Å². The number of nitrogens with two attached hydrogens (primary N) is 1. The van der Waals surface area contributed by atoms with E-state index in [-0.39, 0.29) is 18.1 Å². The summed E-state index contributed by atoms with van der Waals surface area (Å²) < 4.78 is 4.89. The molecule has 2 aromatic rings. The molecule has 9 nitrogen and oxygen atoms in total. The average molecular weight is 384 g/mol. The number of methoxy groups -OCH3 is 1. The van der Waals surface area contributed by atoms with Gasteiger partial charge in [0.05, 0.1) is 5.56 Å². The van der Waals surface area contributed by atoms with Gasteiger partial charge in [-0.25, -0.2) is 4.98 Å². The molecule has 4 N–H and O–H groups in total. The van der Waals surface area contributed by atoms with Gasteiger partial charge in [-0.1, -0.05) is 6.07 Å². The van der Waals surface area contributed by atoms with Crippen molar-refractivity contribution in [2.45, 2.75) is 12.8 Å². The van der Waals surface area contributed by atoms with E-state index >= 15 is 0 Å². The maximum absolute atomic E-state index is 12.0. The van der Waals surface area contributed by atoms with Crippen LogP contribution >= 0.6 is 0 Å². The maximum atomic E-state index is 12.0. The Kier molecular flexibility index (Phi) is 6.05. The molecule has 0 radical (unpaired) electrons. The van der Waals surface area contributed by atoms with E-state index < -0.39 is 5.91 Å². The summed E-state index contributed by atoms with van der Waals surface area (Å²) >= 11 is 0. The second-order valence-electron chi connectivity index (χ2n) is 6.71. The van der Waals surface area contributed by atoms with Crippen LogP contribution in [0.2, 0.25) is 0 Å². The number of amides is 2. The van der Waals surface area contributed by atoms with Crippen LogP contribution in [0.25, 0.3) is 0 Å². The first-order chi connectivity index (χ1) is 13.5. The van der Waals surface area contributed by atoms with Crippen LogP contribution < -0.4 is 21.3 Å². The van der Waals surface area contributed by atoms with E-state index in [0.717, 1.165) is 6.54 Å². The Labute approximate surface area is 163 Å². The first-order valence-corrected chi connectivity index (χ1v) is 9.01.